The van der Waals surface area contributed by atoms with Crippen LogP contribution in [-0.4, -0.2) is 27.4 Å². The van der Waals surface area contributed by atoms with Gasteiger partial charge in [0.15, 0.2) is 0 Å². The zero-order chi connectivity index (χ0) is 27.4. The van der Waals surface area contributed by atoms with Gasteiger partial charge in [0, 0.05) is 41.3 Å². The molecule has 0 aliphatic heterocycles. The fraction of sp³-hybridized carbons (Fsp3) is 0.281. The van der Waals surface area contributed by atoms with Crippen molar-refractivity contribution in [3.8, 4) is 28.7 Å². The maximum absolute atomic E-state index is 10.6. The van der Waals surface area contributed by atoms with Crippen molar-refractivity contribution in [1.29, 1.82) is 5.26 Å². The SMILES string of the molecule is CC(C)c1cc(C#N)ccc1-c1nc(-c2cccc(N)c2C=NC[C@H](O)c2ccccc2)c(C(C)C)n1C. The van der Waals surface area contributed by atoms with Crippen molar-refractivity contribution < 1.29 is 5.11 Å². The number of aliphatic hydroxyl groups is 1. The van der Waals surface area contributed by atoms with E-state index in [4.69, 9.17) is 10.7 Å². The summed E-state index contributed by atoms with van der Waals surface area (Å²) in [7, 11) is 2.04. The third kappa shape index (κ3) is 5.39. The molecule has 0 spiro atoms. The smallest absolute Gasteiger partial charge is 0.140 e. The highest BCUT2D eigenvalue weighted by atomic mass is 16.3. The molecule has 1 atom stereocenters. The summed E-state index contributed by atoms with van der Waals surface area (Å²) in [6.45, 7) is 8.80. The Morgan fingerprint density at radius 3 is 2.39 bits per heavy atom. The summed E-state index contributed by atoms with van der Waals surface area (Å²) in [5.41, 5.74) is 14.2. The van der Waals surface area contributed by atoms with Gasteiger partial charge < -0.3 is 15.4 Å². The van der Waals surface area contributed by atoms with Gasteiger partial charge in [0.2, 0.25) is 0 Å². The summed E-state index contributed by atoms with van der Waals surface area (Å²) in [5, 5.41) is 20.0. The van der Waals surface area contributed by atoms with Crippen LogP contribution in [0.5, 0.6) is 0 Å². The molecule has 4 rings (SSSR count). The van der Waals surface area contributed by atoms with Gasteiger partial charge in [0.05, 0.1) is 30.0 Å². The van der Waals surface area contributed by atoms with Crippen molar-refractivity contribution in [3.05, 3.63) is 94.7 Å². The maximum Gasteiger partial charge on any atom is 0.140 e. The summed E-state index contributed by atoms with van der Waals surface area (Å²) in [4.78, 5) is 9.74. The molecule has 0 unspecified atom stereocenters. The third-order valence-electron chi connectivity index (χ3n) is 6.81. The van der Waals surface area contributed by atoms with E-state index in [0.29, 0.717) is 11.3 Å². The Labute approximate surface area is 225 Å². The molecule has 6 heteroatoms. The number of imidazole rings is 1. The molecule has 0 saturated heterocycles. The molecule has 1 aromatic heterocycles. The molecule has 38 heavy (non-hydrogen) atoms. The molecule has 194 valence electrons. The van der Waals surface area contributed by atoms with Gasteiger partial charge in [0.1, 0.15) is 5.82 Å². The van der Waals surface area contributed by atoms with Gasteiger partial charge in [-0.2, -0.15) is 5.26 Å². The van der Waals surface area contributed by atoms with Crippen molar-refractivity contribution in [3.63, 3.8) is 0 Å². The normalized spacial score (nSPS) is 12.4. The number of aliphatic hydroxyl groups excluding tert-OH is 1. The van der Waals surface area contributed by atoms with Gasteiger partial charge in [-0.25, -0.2) is 4.98 Å². The second-order valence-corrected chi connectivity index (χ2v) is 10.2. The van der Waals surface area contributed by atoms with Crippen LogP contribution in [0.15, 0.2) is 71.7 Å². The van der Waals surface area contributed by atoms with Crippen LogP contribution >= 0.6 is 0 Å². The highest BCUT2D eigenvalue weighted by Gasteiger charge is 2.24. The molecular formula is C32H35N5O. The van der Waals surface area contributed by atoms with Crippen molar-refractivity contribution >= 4 is 11.9 Å². The lowest BCUT2D eigenvalue weighted by Crippen LogP contribution is -2.05. The van der Waals surface area contributed by atoms with Gasteiger partial charge >= 0.3 is 0 Å². The van der Waals surface area contributed by atoms with Gasteiger partial charge in [-0.3, -0.25) is 4.99 Å². The number of aliphatic imine (C=N–C) groups is 1. The number of rotatable bonds is 8. The van der Waals surface area contributed by atoms with E-state index < -0.39 is 6.10 Å². The fourth-order valence-corrected chi connectivity index (χ4v) is 4.88. The molecule has 3 N–H and O–H groups in total. The van der Waals surface area contributed by atoms with Crippen molar-refractivity contribution in [2.24, 2.45) is 12.0 Å². The zero-order valence-corrected chi connectivity index (χ0v) is 22.7. The van der Waals surface area contributed by atoms with E-state index in [2.05, 4.69) is 43.3 Å². The van der Waals surface area contributed by atoms with Crippen LogP contribution in [0.4, 0.5) is 5.69 Å². The molecule has 0 fully saturated rings. The lowest BCUT2D eigenvalue weighted by atomic mass is 9.94. The summed E-state index contributed by atoms with van der Waals surface area (Å²) in [5.74, 6) is 1.28. The molecule has 0 aliphatic rings. The first-order chi connectivity index (χ1) is 18.2. The topological polar surface area (TPSA) is 100 Å². The molecule has 0 bridgehead atoms. The first-order valence-corrected chi connectivity index (χ1v) is 13.0. The number of nitrogens with zero attached hydrogens (tertiary/aromatic N) is 4. The standard InChI is InChI=1S/C32H35N5O/c1-20(2)26-16-22(17-33)14-15-25(26)32-36-30(31(21(3)4)37(32)5)24-12-9-13-28(34)27(24)18-35-19-29(38)23-10-7-6-8-11-23/h6-16,18,20-21,29,38H,19,34H2,1-5H3/t29-/m0/s1. The monoisotopic (exact) mass is 505 g/mol. The second kappa shape index (κ2) is 11.5. The highest BCUT2D eigenvalue weighted by molar-refractivity contribution is 5.96. The summed E-state index contributed by atoms with van der Waals surface area (Å²) >= 11 is 0. The number of nitriles is 1. The van der Waals surface area contributed by atoms with E-state index in [1.807, 2.05) is 73.8 Å². The minimum Gasteiger partial charge on any atom is -0.398 e. The largest absolute Gasteiger partial charge is 0.398 e. The molecule has 6 nitrogen and oxygen atoms in total. The number of aromatic nitrogens is 2. The minimum atomic E-state index is -0.695. The Morgan fingerprint density at radius 2 is 1.74 bits per heavy atom. The van der Waals surface area contributed by atoms with Crippen LogP contribution in [0.2, 0.25) is 0 Å². The van der Waals surface area contributed by atoms with Gasteiger partial charge in [-0.15, -0.1) is 0 Å². The number of nitrogens with two attached hydrogens (primary N) is 1. The molecule has 0 amide bonds. The first-order valence-electron chi connectivity index (χ1n) is 13.0. The fourth-order valence-electron chi connectivity index (χ4n) is 4.88. The molecule has 3 aromatic carbocycles. The number of hydrogen-bond donors (Lipinski definition) is 2. The highest BCUT2D eigenvalue weighted by Crippen LogP contribution is 2.38. The van der Waals surface area contributed by atoms with Crippen molar-refractivity contribution in [2.75, 3.05) is 12.3 Å². The van der Waals surface area contributed by atoms with Crippen molar-refractivity contribution in [2.45, 2.75) is 45.6 Å². The molecular weight excluding hydrogens is 470 g/mol. The molecule has 0 aliphatic carbocycles. The summed E-state index contributed by atoms with van der Waals surface area (Å²) in [6, 6.07) is 23.4. The van der Waals surface area contributed by atoms with Crippen LogP contribution < -0.4 is 5.73 Å². The van der Waals surface area contributed by atoms with Gasteiger partial charge in [-0.1, -0.05) is 70.2 Å². The number of anilines is 1. The van der Waals surface area contributed by atoms with Crippen LogP contribution in [0, 0.1) is 11.3 Å². The number of benzene rings is 3. The predicted molar refractivity (Wildman–Crippen MR) is 155 cm³/mol. The summed E-state index contributed by atoms with van der Waals surface area (Å²) < 4.78 is 2.15. The summed E-state index contributed by atoms with van der Waals surface area (Å²) in [6.07, 6.45) is 1.05. The van der Waals surface area contributed by atoms with Gasteiger partial charge in [-0.05, 0) is 47.2 Å². The Kier molecular flexibility index (Phi) is 8.09. The molecule has 0 saturated carbocycles. The number of nitrogen functional groups attached to an aromatic ring is 1. The second-order valence-electron chi connectivity index (χ2n) is 10.2. The van der Waals surface area contributed by atoms with Crippen molar-refractivity contribution in [1.82, 2.24) is 9.55 Å². The molecule has 0 radical (unpaired) electrons. The van der Waals surface area contributed by atoms with Crippen LogP contribution in [-0.2, 0) is 7.05 Å². The van der Waals surface area contributed by atoms with E-state index >= 15 is 0 Å². The van der Waals surface area contributed by atoms with E-state index in [1.54, 1.807) is 6.21 Å². The van der Waals surface area contributed by atoms with E-state index in [9.17, 15) is 10.4 Å². The minimum absolute atomic E-state index is 0.197. The van der Waals surface area contributed by atoms with Crippen LogP contribution in [0.25, 0.3) is 22.6 Å². The molecule has 4 aromatic rings. The Morgan fingerprint density at radius 1 is 1.00 bits per heavy atom. The number of hydrogen-bond acceptors (Lipinski definition) is 5. The average molecular weight is 506 g/mol. The first kappa shape index (κ1) is 26.8. The average Bonchev–Trinajstić information content (AvgIpc) is 3.26. The lowest BCUT2D eigenvalue weighted by molar-refractivity contribution is 0.187. The van der Waals surface area contributed by atoms with E-state index in [-0.39, 0.29) is 18.4 Å². The Balaban J connectivity index is 1.81. The predicted octanol–water partition coefficient (Wildman–Crippen LogP) is 6.61. The quantitative estimate of drug-likeness (QED) is 0.208. The lowest BCUT2D eigenvalue weighted by Gasteiger charge is -2.15. The Hall–Kier alpha value is -4.21. The van der Waals surface area contributed by atoms with Gasteiger partial charge in [0.25, 0.3) is 0 Å². The maximum atomic E-state index is 10.6. The Bertz CT molecular complexity index is 1490. The zero-order valence-electron chi connectivity index (χ0n) is 22.7. The van der Waals surface area contributed by atoms with E-state index in [0.717, 1.165) is 45.0 Å². The van der Waals surface area contributed by atoms with Crippen LogP contribution in [0.3, 0.4) is 0 Å². The third-order valence-corrected chi connectivity index (χ3v) is 6.81. The van der Waals surface area contributed by atoms with Crippen LogP contribution in [0.1, 0.15) is 73.6 Å². The molecule has 1 heterocycles. The van der Waals surface area contributed by atoms with E-state index in [1.165, 1.54) is 0 Å².